The quantitative estimate of drug-likeness (QED) is 0.333. The Balaban J connectivity index is 1.70. The molecule has 0 spiro atoms. The van der Waals surface area contributed by atoms with Crippen LogP contribution in [0.25, 0.3) is 22.0 Å². The van der Waals surface area contributed by atoms with Crippen molar-refractivity contribution in [1.82, 2.24) is 9.97 Å². The summed E-state index contributed by atoms with van der Waals surface area (Å²) in [6.45, 7) is 0. The van der Waals surface area contributed by atoms with E-state index in [9.17, 15) is 9.90 Å². The van der Waals surface area contributed by atoms with E-state index in [1.165, 1.54) is 0 Å². The molecule has 2 heterocycles. The fourth-order valence-corrected chi connectivity index (χ4v) is 4.06. The number of phenols is 1. The number of halogens is 2. The van der Waals surface area contributed by atoms with Crippen molar-refractivity contribution in [3.8, 4) is 16.9 Å². The summed E-state index contributed by atoms with van der Waals surface area (Å²) in [5.74, 6) is 0.0132. The number of pyridine rings is 2. The maximum absolute atomic E-state index is 13.0. The van der Waals surface area contributed by atoms with Gasteiger partial charge >= 0.3 is 0 Å². The third kappa shape index (κ3) is 3.82. The van der Waals surface area contributed by atoms with Gasteiger partial charge in [0.2, 0.25) is 0 Å². The summed E-state index contributed by atoms with van der Waals surface area (Å²) in [6, 6.07) is 12.8. The maximum atomic E-state index is 13.0. The fraction of sp³-hybridized carbons (Fsp3) is 0.125. The van der Waals surface area contributed by atoms with Crippen LogP contribution in [-0.2, 0) is 0 Å². The normalized spacial score (nSPS) is 13.4. The van der Waals surface area contributed by atoms with Crippen molar-refractivity contribution < 1.29 is 9.90 Å². The Bertz CT molecular complexity index is 1300. The average molecular weight is 450 g/mol. The smallest absolute Gasteiger partial charge is 0.169 e. The SMILES string of the molecule is O=C(c1cnc2ccc(-c3cc(Cl)c(O)c(Cl)c3)cc2c1Nc1cccnc1)C1CC1. The molecule has 0 atom stereocenters. The number of carbonyl (C=O) groups is 1. The zero-order valence-electron chi connectivity index (χ0n) is 16.3. The summed E-state index contributed by atoms with van der Waals surface area (Å²) in [5.41, 5.74) is 4.38. The van der Waals surface area contributed by atoms with Crippen LogP contribution >= 0.6 is 23.2 Å². The van der Waals surface area contributed by atoms with Crippen molar-refractivity contribution in [3.63, 3.8) is 0 Å². The lowest BCUT2D eigenvalue weighted by molar-refractivity contribution is 0.0968. The minimum Gasteiger partial charge on any atom is -0.505 e. The van der Waals surface area contributed by atoms with Crippen LogP contribution in [0.4, 0.5) is 11.4 Å². The highest BCUT2D eigenvalue weighted by molar-refractivity contribution is 6.37. The number of nitrogens with zero attached hydrogens (tertiary/aromatic N) is 2. The number of aromatic nitrogens is 2. The van der Waals surface area contributed by atoms with Crippen LogP contribution in [0.1, 0.15) is 23.2 Å². The molecular formula is C24H17Cl2N3O2. The first-order valence-corrected chi connectivity index (χ1v) is 10.6. The van der Waals surface area contributed by atoms with E-state index in [2.05, 4.69) is 15.3 Å². The monoisotopic (exact) mass is 449 g/mol. The number of hydrogen-bond acceptors (Lipinski definition) is 5. The first-order chi connectivity index (χ1) is 15.0. The number of phenolic OH excluding ortho intramolecular Hbond substituents is 1. The number of anilines is 2. The summed E-state index contributed by atoms with van der Waals surface area (Å²) in [6.07, 6.45) is 6.88. The van der Waals surface area contributed by atoms with Gasteiger partial charge in [-0.3, -0.25) is 14.8 Å². The molecule has 0 amide bonds. The standard InChI is InChI=1S/C24H17Cl2N3O2/c25-19-9-15(10-20(26)24(19)31)14-5-6-21-17(8-14)22(29-16-2-1-7-27-11-16)18(12-28-21)23(30)13-3-4-13/h1-2,5-13,31H,3-4H2,(H,28,29). The van der Waals surface area contributed by atoms with Gasteiger partial charge in [0, 0.05) is 23.7 Å². The number of benzene rings is 2. The van der Waals surface area contributed by atoms with E-state index in [-0.39, 0.29) is 27.5 Å². The molecule has 31 heavy (non-hydrogen) atoms. The van der Waals surface area contributed by atoms with Gasteiger partial charge < -0.3 is 10.4 Å². The topological polar surface area (TPSA) is 75.1 Å². The molecule has 0 radical (unpaired) electrons. The van der Waals surface area contributed by atoms with Crippen LogP contribution in [0.15, 0.2) is 61.1 Å². The molecule has 7 heteroatoms. The van der Waals surface area contributed by atoms with Crippen LogP contribution < -0.4 is 5.32 Å². The first-order valence-electron chi connectivity index (χ1n) is 9.83. The largest absolute Gasteiger partial charge is 0.505 e. The number of hydrogen-bond donors (Lipinski definition) is 2. The molecule has 1 aliphatic rings. The summed E-state index contributed by atoms with van der Waals surface area (Å²) in [5, 5.41) is 14.4. The molecule has 154 valence electrons. The second-order valence-electron chi connectivity index (χ2n) is 7.57. The Kier molecular flexibility index (Phi) is 5.00. The number of ketones is 1. The van der Waals surface area contributed by atoms with E-state index in [1.54, 1.807) is 30.7 Å². The Morgan fingerprint density at radius 2 is 1.81 bits per heavy atom. The zero-order chi connectivity index (χ0) is 21.5. The van der Waals surface area contributed by atoms with Crippen LogP contribution in [0.3, 0.4) is 0 Å². The average Bonchev–Trinajstić information content (AvgIpc) is 3.63. The van der Waals surface area contributed by atoms with Crippen LogP contribution in [0.5, 0.6) is 5.75 Å². The number of rotatable bonds is 5. The lowest BCUT2D eigenvalue weighted by Crippen LogP contribution is -2.07. The van der Waals surface area contributed by atoms with Crippen molar-refractivity contribution in [2.24, 2.45) is 5.92 Å². The molecule has 0 unspecified atom stereocenters. The second-order valence-corrected chi connectivity index (χ2v) is 8.39. The Hall–Kier alpha value is -3.15. The minimum atomic E-state index is -0.147. The van der Waals surface area contributed by atoms with E-state index < -0.39 is 0 Å². The Morgan fingerprint density at radius 1 is 1.03 bits per heavy atom. The maximum Gasteiger partial charge on any atom is 0.169 e. The van der Waals surface area contributed by atoms with Gasteiger partial charge in [0.25, 0.3) is 0 Å². The molecule has 5 rings (SSSR count). The van der Waals surface area contributed by atoms with E-state index >= 15 is 0 Å². The van der Waals surface area contributed by atoms with Crippen molar-refractivity contribution in [1.29, 1.82) is 0 Å². The number of fused-ring (bicyclic) bond motifs is 1. The van der Waals surface area contributed by atoms with Gasteiger partial charge in [-0.05, 0) is 60.4 Å². The number of carbonyl (C=O) groups excluding carboxylic acids is 1. The van der Waals surface area contributed by atoms with E-state index in [0.29, 0.717) is 11.3 Å². The van der Waals surface area contributed by atoms with Gasteiger partial charge in [-0.2, -0.15) is 0 Å². The highest BCUT2D eigenvalue weighted by atomic mass is 35.5. The zero-order valence-corrected chi connectivity index (χ0v) is 17.8. The lowest BCUT2D eigenvalue weighted by atomic mass is 9.99. The highest BCUT2D eigenvalue weighted by Crippen LogP contribution is 2.40. The van der Waals surface area contributed by atoms with Gasteiger partial charge in [0.05, 0.1) is 38.7 Å². The molecule has 2 aromatic heterocycles. The van der Waals surface area contributed by atoms with Gasteiger partial charge in [-0.1, -0.05) is 29.3 Å². The van der Waals surface area contributed by atoms with E-state index in [0.717, 1.165) is 40.6 Å². The lowest BCUT2D eigenvalue weighted by Gasteiger charge is -2.15. The molecule has 1 aliphatic carbocycles. The van der Waals surface area contributed by atoms with Crippen LogP contribution in [0.2, 0.25) is 10.0 Å². The van der Waals surface area contributed by atoms with Gasteiger partial charge in [-0.15, -0.1) is 0 Å². The van der Waals surface area contributed by atoms with Gasteiger partial charge in [-0.25, -0.2) is 0 Å². The number of aromatic hydroxyl groups is 1. The van der Waals surface area contributed by atoms with Crippen molar-refractivity contribution in [2.75, 3.05) is 5.32 Å². The molecule has 0 saturated heterocycles. The summed E-state index contributed by atoms with van der Waals surface area (Å²) in [7, 11) is 0. The van der Waals surface area contributed by atoms with Gasteiger partial charge in [0.15, 0.2) is 11.5 Å². The molecular weight excluding hydrogens is 433 g/mol. The Morgan fingerprint density at radius 3 is 2.48 bits per heavy atom. The molecule has 0 bridgehead atoms. The van der Waals surface area contributed by atoms with Crippen LogP contribution in [-0.4, -0.2) is 20.9 Å². The van der Waals surface area contributed by atoms with Crippen LogP contribution in [0, 0.1) is 5.92 Å². The minimum absolute atomic E-state index is 0.0617. The number of nitrogens with one attached hydrogen (secondary N) is 1. The predicted octanol–water partition coefficient (Wildman–Crippen LogP) is 6.65. The van der Waals surface area contributed by atoms with Crippen molar-refractivity contribution >= 4 is 51.3 Å². The molecule has 4 aromatic rings. The summed E-state index contributed by atoms with van der Waals surface area (Å²) < 4.78 is 0. The Labute approximate surface area is 188 Å². The van der Waals surface area contributed by atoms with Crippen molar-refractivity contribution in [3.05, 3.63) is 76.7 Å². The molecule has 5 nitrogen and oxygen atoms in total. The van der Waals surface area contributed by atoms with E-state index in [4.69, 9.17) is 23.2 Å². The second kappa shape index (κ2) is 7.84. The highest BCUT2D eigenvalue weighted by Gasteiger charge is 2.32. The fourth-order valence-electron chi connectivity index (χ4n) is 3.57. The molecule has 0 aliphatic heterocycles. The van der Waals surface area contributed by atoms with Gasteiger partial charge in [0.1, 0.15) is 0 Å². The summed E-state index contributed by atoms with van der Waals surface area (Å²) >= 11 is 12.2. The number of Topliss-reactive ketones (excluding diaryl/α,β-unsaturated/α-hetero) is 1. The first kappa shape index (κ1) is 19.8. The molecule has 1 saturated carbocycles. The van der Waals surface area contributed by atoms with Crippen molar-refractivity contribution in [2.45, 2.75) is 12.8 Å². The predicted molar refractivity (Wildman–Crippen MR) is 123 cm³/mol. The third-order valence-electron chi connectivity index (χ3n) is 5.36. The summed E-state index contributed by atoms with van der Waals surface area (Å²) in [4.78, 5) is 21.7. The molecule has 1 fully saturated rings. The van der Waals surface area contributed by atoms with E-state index in [1.807, 2.05) is 30.3 Å². The molecule has 2 N–H and O–H groups in total. The molecule has 2 aromatic carbocycles. The third-order valence-corrected chi connectivity index (χ3v) is 5.94.